The molecule has 1 aromatic heterocycles. The van der Waals surface area contributed by atoms with E-state index in [-0.39, 0.29) is 0 Å². The van der Waals surface area contributed by atoms with Gasteiger partial charge in [0, 0.05) is 5.56 Å². The van der Waals surface area contributed by atoms with E-state index in [0.29, 0.717) is 0 Å². The first-order valence-corrected chi connectivity index (χ1v) is 9.55. The number of H-pyrrole nitrogens is 1. The van der Waals surface area contributed by atoms with Crippen molar-refractivity contribution in [2.75, 3.05) is 0 Å². The molecule has 0 aliphatic rings. The van der Waals surface area contributed by atoms with Crippen molar-refractivity contribution >= 4 is 11.0 Å². The third-order valence-corrected chi connectivity index (χ3v) is 5.10. The number of hydrogen-bond acceptors (Lipinski definition) is 1. The van der Waals surface area contributed by atoms with Crippen molar-refractivity contribution in [3.63, 3.8) is 0 Å². The Morgan fingerprint density at radius 1 is 0.643 bits per heavy atom. The Labute approximate surface area is 164 Å². The summed E-state index contributed by atoms with van der Waals surface area (Å²) in [4.78, 5) is 8.45. The van der Waals surface area contributed by atoms with Gasteiger partial charge in [-0.05, 0) is 40.8 Å². The van der Waals surface area contributed by atoms with Crippen molar-refractivity contribution in [2.45, 2.75) is 6.42 Å². The number of nitrogens with one attached hydrogen (secondary N) is 1. The normalized spacial score (nSPS) is 11.0. The third kappa shape index (κ3) is 3.10. The molecule has 0 fully saturated rings. The summed E-state index contributed by atoms with van der Waals surface area (Å²) >= 11 is 0. The molecule has 1 N–H and O–H groups in total. The molecule has 4 aromatic carbocycles. The van der Waals surface area contributed by atoms with Crippen LogP contribution in [0.3, 0.4) is 0 Å². The molecule has 0 bridgehead atoms. The van der Waals surface area contributed by atoms with Crippen molar-refractivity contribution < 1.29 is 0 Å². The number of rotatable bonds is 4. The van der Waals surface area contributed by atoms with Gasteiger partial charge in [-0.25, -0.2) is 4.98 Å². The van der Waals surface area contributed by atoms with Crippen LogP contribution in [-0.2, 0) is 6.42 Å². The minimum Gasteiger partial charge on any atom is -0.338 e. The van der Waals surface area contributed by atoms with Gasteiger partial charge in [0.2, 0.25) is 0 Å². The van der Waals surface area contributed by atoms with Gasteiger partial charge >= 0.3 is 0 Å². The first kappa shape index (κ1) is 16.5. The van der Waals surface area contributed by atoms with Crippen LogP contribution in [-0.4, -0.2) is 9.97 Å². The fourth-order valence-electron chi connectivity index (χ4n) is 3.77. The van der Waals surface area contributed by atoms with Crippen LogP contribution < -0.4 is 0 Å². The number of fused-ring (bicyclic) bond motifs is 1. The predicted octanol–water partition coefficient (Wildman–Crippen LogP) is 6.49. The fraction of sp³-hybridized carbons (Fsp3) is 0.0385. The van der Waals surface area contributed by atoms with Crippen LogP contribution in [0.2, 0.25) is 0 Å². The number of nitrogens with zero attached hydrogens (tertiary/aromatic N) is 1. The van der Waals surface area contributed by atoms with E-state index in [9.17, 15) is 0 Å². The second-order valence-corrected chi connectivity index (χ2v) is 6.97. The Kier molecular flexibility index (Phi) is 4.23. The number of aromatic nitrogens is 2. The van der Waals surface area contributed by atoms with Crippen LogP contribution in [0.1, 0.15) is 11.1 Å². The highest BCUT2D eigenvalue weighted by atomic mass is 14.9. The molecule has 0 saturated heterocycles. The molecule has 2 heteroatoms. The maximum atomic E-state index is 4.92. The lowest BCUT2D eigenvalue weighted by Crippen LogP contribution is -1.96. The Morgan fingerprint density at radius 2 is 1.36 bits per heavy atom. The van der Waals surface area contributed by atoms with Crippen LogP contribution >= 0.6 is 0 Å². The number of aromatic amines is 1. The average Bonchev–Trinajstić information content (AvgIpc) is 3.19. The van der Waals surface area contributed by atoms with Gasteiger partial charge < -0.3 is 4.98 Å². The molecular formula is C26H20N2. The molecule has 28 heavy (non-hydrogen) atoms. The molecular weight excluding hydrogens is 340 g/mol. The van der Waals surface area contributed by atoms with Crippen molar-refractivity contribution in [3.05, 3.63) is 114 Å². The molecule has 5 rings (SSSR count). The molecule has 0 aliphatic carbocycles. The van der Waals surface area contributed by atoms with E-state index in [1.165, 1.54) is 27.8 Å². The number of para-hydroxylation sites is 2. The van der Waals surface area contributed by atoms with E-state index in [4.69, 9.17) is 4.98 Å². The molecule has 0 radical (unpaired) electrons. The second kappa shape index (κ2) is 7.16. The van der Waals surface area contributed by atoms with Crippen molar-refractivity contribution in [1.82, 2.24) is 9.97 Å². The molecule has 0 atom stereocenters. The van der Waals surface area contributed by atoms with Gasteiger partial charge in [-0.1, -0.05) is 91.0 Å². The van der Waals surface area contributed by atoms with E-state index in [1.54, 1.807) is 0 Å². The summed E-state index contributed by atoms with van der Waals surface area (Å²) in [6, 6.07) is 35.9. The maximum Gasteiger partial charge on any atom is 0.139 e. The van der Waals surface area contributed by atoms with E-state index in [2.05, 4.69) is 96.0 Å². The van der Waals surface area contributed by atoms with Crippen LogP contribution in [0.5, 0.6) is 0 Å². The summed E-state index contributed by atoms with van der Waals surface area (Å²) in [5, 5.41) is 0. The van der Waals surface area contributed by atoms with E-state index in [1.807, 2.05) is 12.1 Å². The lowest BCUT2D eigenvalue weighted by atomic mass is 9.91. The SMILES string of the molecule is c1ccc(Cc2cccc(-c3ccccc3)c2-c2nc3ccccc3[nH]2)cc1. The summed E-state index contributed by atoms with van der Waals surface area (Å²) in [6.45, 7) is 0. The average molecular weight is 360 g/mol. The van der Waals surface area contributed by atoms with Crippen molar-refractivity contribution in [1.29, 1.82) is 0 Å². The van der Waals surface area contributed by atoms with Gasteiger partial charge in [-0.2, -0.15) is 0 Å². The molecule has 2 nitrogen and oxygen atoms in total. The third-order valence-electron chi connectivity index (χ3n) is 5.10. The molecule has 1 heterocycles. The standard InChI is InChI=1S/C26H20N2/c1-3-10-19(11-4-1)18-21-14-9-15-22(20-12-5-2-6-13-20)25(21)26-27-23-16-7-8-17-24(23)28-26/h1-17H,18H2,(H,27,28). The van der Waals surface area contributed by atoms with Crippen LogP contribution in [0, 0.1) is 0 Å². The smallest absolute Gasteiger partial charge is 0.139 e. The quantitative estimate of drug-likeness (QED) is 0.390. The zero-order valence-corrected chi connectivity index (χ0v) is 15.5. The lowest BCUT2D eigenvalue weighted by molar-refractivity contribution is 1.18. The highest BCUT2D eigenvalue weighted by Crippen LogP contribution is 2.35. The second-order valence-electron chi connectivity index (χ2n) is 6.97. The van der Waals surface area contributed by atoms with Gasteiger partial charge in [-0.15, -0.1) is 0 Å². The minimum atomic E-state index is 0.869. The van der Waals surface area contributed by atoms with Crippen molar-refractivity contribution in [3.8, 4) is 22.5 Å². The minimum absolute atomic E-state index is 0.869. The van der Waals surface area contributed by atoms with Gasteiger partial charge in [0.05, 0.1) is 11.0 Å². The maximum absolute atomic E-state index is 4.92. The number of benzene rings is 4. The van der Waals surface area contributed by atoms with Crippen LogP contribution in [0.4, 0.5) is 0 Å². The van der Waals surface area contributed by atoms with Gasteiger partial charge in [0.1, 0.15) is 5.82 Å². The van der Waals surface area contributed by atoms with Gasteiger partial charge in [-0.3, -0.25) is 0 Å². The van der Waals surface area contributed by atoms with E-state index >= 15 is 0 Å². The zero-order valence-electron chi connectivity index (χ0n) is 15.5. The monoisotopic (exact) mass is 360 g/mol. The first-order chi connectivity index (χ1) is 13.9. The fourth-order valence-corrected chi connectivity index (χ4v) is 3.77. The molecule has 0 aliphatic heterocycles. The van der Waals surface area contributed by atoms with Crippen LogP contribution in [0.25, 0.3) is 33.5 Å². The van der Waals surface area contributed by atoms with E-state index < -0.39 is 0 Å². The summed E-state index contributed by atoms with van der Waals surface area (Å²) in [5.41, 5.74) is 8.20. The topological polar surface area (TPSA) is 28.7 Å². The molecule has 0 unspecified atom stereocenters. The van der Waals surface area contributed by atoms with Gasteiger partial charge in [0.25, 0.3) is 0 Å². The summed E-state index contributed by atoms with van der Waals surface area (Å²) in [7, 11) is 0. The molecule has 0 amide bonds. The molecule has 134 valence electrons. The Balaban J connectivity index is 1.73. The summed E-state index contributed by atoms with van der Waals surface area (Å²) < 4.78 is 0. The molecule has 0 spiro atoms. The number of hydrogen-bond donors (Lipinski definition) is 1. The van der Waals surface area contributed by atoms with Gasteiger partial charge in [0.15, 0.2) is 0 Å². The zero-order chi connectivity index (χ0) is 18.8. The van der Waals surface area contributed by atoms with Crippen molar-refractivity contribution in [2.24, 2.45) is 0 Å². The Morgan fingerprint density at radius 3 is 2.14 bits per heavy atom. The van der Waals surface area contributed by atoms with E-state index in [0.717, 1.165) is 23.3 Å². The summed E-state index contributed by atoms with van der Waals surface area (Å²) in [6.07, 6.45) is 0.869. The van der Waals surface area contributed by atoms with Crippen LogP contribution in [0.15, 0.2) is 103 Å². The lowest BCUT2D eigenvalue weighted by Gasteiger charge is -2.14. The highest BCUT2D eigenvalue weighted by molar-refractivity contribution is 5.87. The molecule has 5 aromatic rings. The highest BCUT2D eigenvalue weighted by Gasteiger charge is 2.16. The summed E-state index contributed by atoms with van der Waals surface area (Å²) in [5.74, 6) is 0.923. The predicted molar refractivity (Wildman–Crippen MR) is 116 cm³/mol. The molecule has 0 saturated carbocycles. The first-order valence-electron chi connectivity index (χ1n) is 9.55. The largest absolute Gasteiger partial charge is 0.338 e. The Hall–Kier alpha value is -3.65. The number of imidazole rings is 1. The Bertz CT molecular complexity index is 1190.